The number of carbonyl (C=O) groups excluding carboxylic acids is 1. The van der Waals surface area contributed by atoms with Gasteiger partial charge in [-0.2, -0.15) is 5.10 Å². The van der Waals surface area contributed by atoms with Gasteiger partial charge in [0, 0.05) is 12.1 Å². The number of non-ortho nitro benzene ring substituents is 1. The predicted molar refractivity (Wildman–Crippen MR) is 74.6 cm³/mol. The van der Waals surface area contributed by atoms with Crippen LogP contribution in [0.15, 0.2) is 50.6 Å². The monoisotopic (exact) mass is 337 g/mol. The number of furan rings is 1. The van der Waals surface area contributed by atoms with Crippen molar-refractivity contribution in [2.75, 3.05) is 0 Å². The third-order valence-corrected chi connectivity index (χ3v) is 2.71. The molecule has 2 rings (SSSR count). The largest absolute Gasteiger partial charge is 0.444 e. The van der Waals surface area contributed by atoms with Gasteiger partial charge in [0.2, 0.25) is 0 Å². The minimum Gasteiger partial charge on any atom is -0.444 e. The van der Waals surface area contributed by atoms with Gasteiger partial charge in [-0.3, -0.25) is 14.9 Å². The Morgan fingerprint density at radius 3 is 2.55 bits per heavy atom. The van der Waals surface area contributed by atoms with Crippen molar-refractivity contribution >= 4 is 33.7 Å². The maximum absolute atomic E-state index is 11.6. The molecule has 0 fully saturated rings. The van der Waals surface area contributed by atoms with Crippen molar-refractivity contribution < 1.29 is 14.1 Å². The number of amides is 1. The molecule has 1 aromatic heterocycles. The fourth-order valence-electron chi connectivity index (χ4n) is 1.34. The summed E-state index contributed by atoms with van der Waals surface area (Å²) < 4.78 is 5.49. The molecule has 1 heterocycles. The third-order valence-electron chi connectivity index (χ3n) is 2.28. The van der Waals surface area contributed by atoms with Gasteiger partial charge in [0.1, 0.15) is 0 Å². The average molecular weight is 338 g/mol. The van der Waals surface area contributed by atoms with Crippen molar-refractivity contribution in [1.82, 2.24) is 5.43 Å². The van der Waals surface area contributed by atoms with Crippen molar-refractivity contribution in [3.8, 4) is 0 Å². The molecule has 0 saturated carbocycles. The van der Waals surface area contributed by atoms with Crippen LogP contribution < -0.4 is 5.43 Å². The second kappa shape index (κ2) is 6.11. The second-order valence-corrected chi connectivity index (χ2v) is 4.43. The highest BCUT2D eigenvalue weighted by Crippen LogP contribution is 2.13. The van der Waals surface area contributed by atoms with Crippen LogP contribution in [-0.2, 0) is 0 Å². The lowest BCUT2D eigenvalue weighted by molar-refractivity contribution is -0.384. The Labute approximate surface area is 121 Å². The SMILES string of the molecule is O=C(N/N=C\c1ccc([N+](=O)[O-])cc1)c1ccc(Br)o1. The highest BCUT2D eigenvalue weighted by Gasteiger charge is 2.08. The first-order valence-corrected chi connectivity index (χ1v) is 6.19. The summed E-state index contributed by atoms with van der Waals surface area (Å²) in [6.45, 7) is 0. The smallest absolute Gasteiger partial charge is 0.307 e. The average Bonchev–Trinajstić information content (AvgIpc) is 2.86. The quantitative estimate of drug-likeness (QED) is 0.526. The van der Waals surface area contributed by atoms with E-state index in [0.717, 1.165) is 0 Å². The van der Waals surface area contributed by atoms with Crippen LogP contribution in [0.4, 0.5) is 5.69 Å². The van der Waals surface area contributed by atoms with E-state index in [1.807, 2.05) is 0 Å². The summed E-state index contributed by atoms with van der Waals surface area (Å²) in [4.78, 5) is 21.5. The highest BCUT2D eigenvalue weighted by molar-refractivity contribution is 9.10. The summed E-state index contributed by atoms with van der Waals surface area (Å²) in [5, 5.41) is 14.2. The van der Waals surface area contributed by atoms with Crippen LogP contribution >= 0.6 is 15.9 Å². The number of hydrazone groups is 1. The van der Waals surface area contributed by atoms with Crippen molar-refractivity contribution in [1.29, 1.82) is 0 Å². The molecule has 0 spiro atoms. The molecule has 7 nitrogen and oxygen atoms in total. The Bertz CT molecular complexity index is 664. The van der Waals surface area contributed by atoms with E-state index in [1.54, 1.807) is 6.07 Å². The van der Waals surface area contributed by atoms with Crippen LogP contribution in [0, 0.1) is 10.1 Å². The minimum atomic E-state index is -0.492. The van der Waals surface area contributed by atoms with Crippen molar-refractivity contribution in [3.63, 3.8) is 0 Å². The van der Waals surface area contributed by atoms with Gasteiger partial charge in [-0.15, -0.1) is 0 Å². The second-order valence-electron chi connectivity index (χ2n) is 3.65. The molecule has 0 aliphatic heterocycles. The first-order chi connectivity index (χ1) is 9.56. The molecule has 102 valence electrons. The van der Waals surface area contributed by atoms with E-state index in [9.17, 15) is 14.9 Å². The van der Waals surface area contributed by atoms with Crippen LogP contribution in [0.1, 0.15) is 16.1 Å². The van der Waals surface area contributed by atoms with Crippen molar-refractivity contribution in [2.24, 2.45) is 5.10 Å². The van der Waals surface area contributed by atoms with E-state index in [-0.39, 0.29) is 11.4 Å². The lowest BCUT2D eigenvalue weighted by Gasteiger charge is -1.96. The number of carbonyl (C=O) groups is 1. The summed E-state index contributed by atoms with van der Waals surface area (Å²) in [6.07, 6.45) is 1.37. The molecule has 0 bridgehead atoms. The van der Waals surface area contributed by atoms with Crippen LogP contribution in [0.25, 0.3) is 0 Å². The number of hydrogen-bond acceptors (Lipinski definition) is 5. The zero-order chi connectivity index (χ0) is 14.5. The molecule has 1 aromatic carbocycles. The summed E-state index contributed by atoms with van der Waals surface area (Å²) in [5.74, 6) is -0.369. The number of nitrogens with one attached hydrogen (secondary N) is 1. The molecule has 2 aromatic rings. The Morgan fingerprint density at radius 2 is 2.00 bits per heavy atom. The van der Waals surface area contributed by atoms with Gasteiger partial charge in [0.25, 0.3) is 5.69 Å². The summed E-state index contributed by atoms with van der Waals surface area (Å²) in [7, 11) is 0. The number of hydrogen-bond donors (Lipinski definition) is 1. The van der Waals surface area contributed by atoms with Crippen LogP contribution in [0.3, 0.4) is 0 Å². The zero-order valence-corrected chi connectivity index (χ0v) is 11.5. The van der Waals surface area contributed by atoms with E-state index in [1.165, 1.54) is 36.5 Å². The van der Waals surface area contributed by atoms with Gasteiger partial charge >= 0.3 is 5.91 Å². The van der Waals surface area contributed by atoms with Crippen molar-refractivity contribution in [3.05, 3.63) is 62.5 Å². The molecule has 20 heavy (non-hydrogen) atoms. The summed E-state index contributed by atoms with van der Waals surface area (Å²) in [6, 6.07) is 8.85. The lowest BCUT2D eigenvalue weighted by Crippen LogP contribution is -2.16. The number of benzene rings is 1. The summed E-state index contributed by atoms with van der Waals surface area (Å²) >= 11 is 3.08. The number of nitrogens with zero attached hydrogens (tertiary/aromatic N) is 2. The van der Waals surface area contributed by atoms with Crippen LogP contribution in [-0.4, -0.2) is 17.0 Å². The molecule has 8 heteroatoms. The Morgan fingerprint density at radius 1 is 1.30 bits per heavy atom. The summed E-state index contributed by atoms with van der Waals surface area (Å²) in [5.41, 5.74) is 2.89. The predicted octanol–water partition coefficient (Wildman–Crippen LogP) is 2.71. The maximum atomic E-state index is 11.6. The molecule has 0 aliphatic rings. The van der Waals surface area contributed by atoms with Gasteiger partial charge < -0.3 is 4.42 Å². The van der Waals surface area contributed by atoms with E-state index in [0.29, 0.717) is 10.2 Å². The van der Waals surface area contributed by atoms with Gasteiger partial charge in [-0.05, 0) is 45.8 Å². The lowest BCUT2D eigenvalue weighted by atomic mass is 10.2. The van der Waals surface area contributed by atoms with E-state index in [4.69, 9.17) is 4.42 Å². The topological polar surface area (TPSA) is 97.7 Å². The normalized spacial score (nSPS) is 10.7. The first kappa shape index (κ1) is 13.9. The third kappa shape index (κ3) is 3.51. The fourth-order valence-corrected chi connectivity index (χ4v) is 1.65. The molecular formula is C12H8BrN3O4. The van der Waals surface area contributed by atoms with Gasteiger partial charge in [-0.1, -0.05) is 0 Å². The molecule has 0 atom stereocenters. The first-order valence-electron chi connectivity index (χ1n) is 5.39. The Kier molecular flexibility index (Phi) is 4.26. The minimum absolute atomic E-state index is 0.00776. The van der Waals surface area contributed by atoms with Gasteiger partial charge in [0.15, 0.2) is 10.4 Å². The number of nitro benzene ring substituents is 1. The molecule has 0 aliphatic carbocycles. The molecule has 1 N–H and O–H groups in total. The fraction of sp³-hybridized carbons (Fsp3) is 0. The Hall–Kier alpha value is -2.48. The van der Waals surface area contributed by atoms with Crippen LogP contribution in [0.5, 0.6) is 0 Å². The zero-order valence-electron chi connectivity index (χ0n) is 9.95. The van der Waals surface area contributed by atoms with Crippen molar-refractivity contribution in [2.45, 2.75) is 0 Å². The van der Waals surface area contributed by atoms with E-state index < -0.39 is 10.8 Å². The van der Waals surface area contributed by atoms with Gasteiger partial charge in [-0.25, -0.2) is 5.43 Å². The van der Waals surface area contributed by atoms with Gasteiger partial charge in [0.05, 0.1) is 11.1 Å². The maximum Gasteiger partial charge on any atom is 0.307 e. The standard InChI is InChI=1S/C12H8BrN3O4/c13-11-6-5-10(20-11)12(17)15-14-7-8-1-3-9(4-2-8)16(18)19/h1-7H,(H,15,17)/b14-7-. The molecule has 0 saturated heterocycles. The number of rotatable bonds is 4. The van der Waals surface area contributed by atoms with Crippen LogP contribution in [0.2, 0.25) is 0 Å². The number of halogens is 1. The van der Waals surface area contributed by atoms with E-state index >= 15 is 0 Å². The molecule has 0 unspecified atom stereocenters. The number of nitro groups is 1. The molecular weight excluding hydrogens is 330 g/mol. The Balaban J connectivity index is 1.96. The molecule has 1 amide bonds. The molecule has 0 radical (unpaired) electrons. The van der Waals surface area contributed by atoms with E-state index in [2.05, 4.69) is 26.5 Å². The highest BCUT2D eigenvalue weighted by atomic mass is 79.9.